The maximum Gasteiger partial charge on any atom is 0.180 e. The molecule has 0 amide bonds. The second-order valence-corrected chi connectivity index (χ2v) is 6.01. The van der Waals surface area contributed by atoms with Crippen LogP contribution in [-0.2, 0) is 9.47 Å². The van der Waals surface area contributed by atoms with E-state index in [-0.39, 0.29) is 12.2 Å². The summed E-state index contributed by atoms with van der Waals surface area (Å²) in [5, 5.41) is 0. The zero-order valence-electron chi connectivity index (χ0n) is 11.6. The molecule has 0 spiro atoms. The molecule has 2 N–H and O–H groups in total. The summed E-state index contributed by atoms with van der Waals surface area (Å²) in [4.78, 5) is 8.47. The van der Waals surface area contributed by atoms with Gasteiger partial charge in [-0.25, -0.2) is 9.97 Å². The smallest absolute Gasteiger partial charge is 0.180 e. The Morgan fingerprint density at radius 3 is 3.00 bits per heavy atom. The number of nitrogens with zero attached hydrogens (tertiary/aromatic N) is 3. The Kier molecular flexibility index (Phi) is 2.38. The van der Waals surface area contributed by atoms with Gasteiger partial charge in [-0.3, -0.25) is 4.40 Å². The molecule has 20 heavy (non-hydrogen) atoms. The minimum Gasteiger partial charge on any atom is -0.381 e. The average Bonchev–Trinajstić information content (AvgIpc) is 3.01. The van der Waals surface area contributed by atoms with Gasteiger partial charge in [-0.2, -0.15) is 0 Å². The van der Waals surface area contributed by atoms with Gasteiger partial charge in [0.05, 0.1) is 12.2 Å². The van der Waals surface area contributed by atoms with E-state index in [0.29, 0.717) is 17.4 Å². The van der Waals surface area contributed by atoms with E-state index in [4.69, 9.17) is 15.2 Å². The van der Waals surface area contributed by atoms with Crippen molar-refractivity contribution in [3.05, 3.63) is 24.3 Å². The fraction of sp³-hybridized carbons (Fsp3) is 0.571. The van der Waals surface area contributed by atoms with E-state index in [1.165, 1.54) is 0 Å². The number of nitrogens with two attached hydrogens (primary N) is 1. The highest BCUT2D eigenvalue weighted by Gasteiger charge is 2.50. The molecule has 0 aromatic carbocycles. The zero-order valence-corrected chi connectivity index (χ0v) is 11.6. The lowest BCUT2D eigenvalue weighted by Crippen LogP contribution is -2.24. The van der Waals surface area contributed by atoms with Crippen LogP contribution in [0.1, 0.15) is 38.3 Å². The van der Waals surface area contributed by atoms with Crippen LogP contribution in [0.2, 0.25) is 0 Å². The van der Waals surface area contributed by atoms with Gasteiger partial charge in [0.2, 0.25) is 0 Å². The highest BCUT2D eigenvalue weighted by molar-refractivity contribution is 5.60. The minimum atomic E-state index is -0.491. The number of ether oxygens (including phenoxy) is 2. The minimum absolute atomic E-state index is 0.0966. The van der Waals surface area contributed by atoms with Crippen LogP contribution in [0.4, 0.5) is 5.82 Å². The van der Waals surface area contributed by atoms with Gasteiger partial charge < -0.3 is 15.2 Å². The van der Waals surface area contributed by atoms with Gasteiger partial charge in [0.15, 0.2) is 17.3 Å². The first-order chi connectivity index (χ1) is 9.55. The van der Waals surface area contributed by atoms with E-state index < -0.39 is 5.79 Å². The quantitative estimate of drug-likeness (QED) is 0.856. The molecule has 0 unspecified atom stereocenters. The van der Waals surface area contributed by atoms with Crippen LogP contribution in [-0.4, -0.2) is 32.4 Å². The van der Waals surface area contributed by atoms with Crippen LogP contribution in [0.5, 0.6) is 0 Å². The average molecular weight is 274 g/mol. The highest BCUT2D eigenvalue weighted by Crippen LogP contribution is 2.46. The van der Waals surface area contributed by atoms with Crippen molar-refractivity contribution in [3.8, 4) is 0 Å². The van der Waals surface area contributed by atoms with Crippen molar-refractivity contribution >= 4 is 11.5 Å². The Labute approximate surface area is 116 Å². The normalized spacial score (nSPS) is 31.8. The maximum atomic E-state index is 6.08. The van der Waals surface area contributed by atoms with E-state index in [1.807, 2.05) is 30.6 Å². The summed E-state index contributed by atoms with van der Waals surface area (Å²) in [7, 11) is 0. The zero-order chi connectivity index (χ0) is 13.9. The number of hydrogen-bond acceptors (Lipinski definition) is 5. The van der Waals surface area contributed by atoms with Crippen molar-refractivity contribution in [1.82, 2.24) is 14.4 Å². The van der Waals surface area contributed by atoms with Gasteiger partial charge in [-0.05, 0) is 26.7 Å². The Morgan fingerprint density at radius 1 is 1.30 bits per heavy atom. The lowest BCUT2D eigenvalue weighted by atomic mass is 10.0. The fourth-order valence-corrected chi connectivity index (χ4v) is 3.48. The van der Waals surface area contributed by atoms with Gasteiger partial charge in [0, 0.05) is 30.2 Å². The largest absolute Gasteiger partial charge is 0.381 e. The van der Waals surface area contributed by atoms with Gasteiger partial charge in [0.25, 0.3) is 0 Å². The second kappa shape index (κ2) is 3.93. The van der Waals surface area contributed by atoms with Crippen molar-refractivity contribution in [2.24, 2.45) is 0 Å². The predicted molar refractivity (Wildman–Crippen MR) is 73.2 cm³/mol. The molecule has 2 aromatic rings. The molecule has 6 heteroatoms. The standard InChI is InChI=1S/C14H18N4O2/c1-14(2)19-10-4-3-8(11(10)20-14)9-7-17-13-12(15)16-5-6-18(9)13/h5-8,10-11H,3-4H2,1-2H3,(H2,15,16)/t8-,10+,11-/m0/s1. The van der Waals surface area contributed by atoms with Gasteiger partial charge in [0.1, 0.15) is 0 Å². The van der Waals surface area contributed by atoms with Crippen molar-refractivity contribution < 1.29 is 9.47 Å². The molecule has 3 heterocycles. The molecule has 0 radical (unpaired) electrons. The number of anilines is 1. The van der Waals surface area contributed by atoms with Crippen molar-refractivity contribution in [2.45, 2.75) is 50.6 Å². The monoisotopic (exact) mass is 274 g/mol. The maximum absolute atomic E-state index is 6.08. The summed E-state index contributed by atoms with van der Waals surface area (Å²) in [6, 6.07) is 0. The van der Waals surface area contributed by atoms with E-state index in [2.05, 4.69) is 9.97 Å². The molecule has 2 fully saturated rings. The van der Waals surface area contributed by atoms with Crippen LogP contribution in [0.15, 0.2) is 18.6 Å². The molecular formula is C14H18N4O2. The number of rotatable bonds is 1. The van der Waals surface area contributed by atoms with E-state index in [0.717, 1.165) is 18.5 Å². The number of hydrogen-bond donors (Lipinski definition) is 1. The van der Waals surface area contributed by atoms with Gasteiger partial charge >= 0.3 is 0 Å². The Hall–Kier alpha value is -1.66. The number of imidazole rings is 1. The van der Waals surface area contributed by atoms with Gasteiger partial charge in [-0.15, -0.1) is 0 Å². The lowest BCUT2D eigenvalue weighted by Gasteiger charge is -2.21. The Morgan fingerprint density at radius 2 is 2.15 bits per heavy atom. The highest BCUT2D eigenvalue weighted by atomic mass is 16.8. The SMILES string of the molecule is CC1(C)O[C@@H]2[C@@H](CC[C@H]2c2cnc3c(N)nccn23)O1. The summed E-state index contributed by atoms with van der Waals surface area (Å²) in [5.74, 6) is 0.255. The van der Waals surface area contributed by atoms with Crippen molar-refractivity contribution in [1.29, 1.82) is 0 Å². The molecule has 1 saturated carbocycles. The molecule has 1 saturated heterocycles. The second-order valence-electron chi connectivity index (χ2n) is 6.01. The third kappa shape index (κ3) is 1.65. The molecule has 3 atom stereocenters. The summed E-state index contributed by atoms with van der Waals surface area (Å²) in [6.07, 6.45) is 7.83. The topological polar surface area (TPSA) is 74.7 Å². The third-order valence-electron chi connectivity index (χ3n) is 4.24. The summed E-state index contributed by atoms with van der Waals surface area (Å²) >= 11 is 0. The Bertz CT molecular complexity index is 666. The molecule has 106 valence electrons. The first-order valence-corrected chi connectivity index (χ1v) is 6.98. The molecule has 6 nitrogen and oxygen atoms in total. The summed E-state index contributed by atoms with van der Waals surface area (Å²) in [5.41, 5.74) is 7.71. The van der Waals surface area contributed by atoms with Crippen molar-refractivity contribution in [3.63, 3.8) is 0 Å². The molecule has 4 rings (SSSR count). The molecule has 1 aliphatic heterocycles. The first-order valence-electron chi connectivity index (χ1n) is 6.98. The molecule has 2 aliphatic rings. The molecule has 0 bridgehead atoms. The van der Waals surface area contributed by atoms with Crippen LogP contribution in [0.3, 0.4) is 0 Å². The lowest BCUT2D eigenvalue weighted by molar-refractivity contribution is -0.153. The molecule has 1 aliphatic carbocycles. The van der Waals surface area contributed by atoms with E-state index in [1.54, 1.807) is 6.20 Å². The molecule has 2 aromatic heterocycles. The van der Waals surface area contributed by atoms with Crippen LogP contribution in [0, 0.1) is 0 Å². The molecular weight excluding hydrogens is 256 g/mol. The number of fused-ring (bicyclic) bond motifs is 2. The van der Waals surface area contributed by atoms with Crippen molar-refractivity contribution in [2.75, 3.05) is 5.73 Å². The Balaban J connectivity index is 1.75. The first kappa shape index (κ1) is 12.1. The van der Waals surface area contributed by atoms with E-state index in [9.17, 15) is 0 Å². The number of nitrogen functional groups attached to an aromatic ring is 1. The van der Waals surface area contributed by atoms with E-state index >= 15 is 0 Å². The van der Waals surface area contributed by atoms with Crippen LogP contribution in [0.25, 0.3) is 5.65 Å². The number of aromatic nitrogens is 3. The third-order valence-corrected chi connectivity index (χ3v) is 4.24. The summed E-state index contributed by atoms with van der Waals surface area (Å²) in [6.45, 7) is 3.94. The fourth-order valence-electron chi connectivity index (χ4n) is 3.48. The summed E-state index contributed by atoms with van der Waals surface area (Å²) < 4.78 is 14.0. The van der Waals surface area contributed by atoms with Crippen LogP contribution < -0.4 is 5.73 Å². The van der Waals surface area contributed by atoms with Gasteiger partial charge in [-0.1, -0.05) is 0 Å². The van der Waals surface area contributed by atoms with Crippen LogP contribution >= 0.6 is 0 Å². The predicted octanol–water partition coefficient (Wildman–Crippen LogP) is 1.71.